The summed E-state index contributed by atoms with van der Waals surface area (Å²) >= 11 is 0. The van der Waals surface area contributed by atoms with Crippen molar-refractivity contribution >= 4 is 5.78 Å². The number of aromatic nitrogens is 2. The second-order valence-electron chi connectivity index (χ2n) is 9.46. The van der Waals surface area contributed by atoms with Crippen molar-refractivity contribution in [2.75, 3.05) is 0 Å². The molecule has 4 heteroatoms. The number of nitrogens with one attached hydrogen (secondary N) is 1. The molecule has 1 heterocycles. The van der Waals surface area contributed by atoms with Crippen LogP contribution in [0.1, 0.15) is 68.4 Å². The number of fused-ring (bicyclic) bond motifs is 6. The predicted octanol–water partition coefficient (Wildman–Crippen LogP) is 3.37. The highest BCUT2D eigenvalue weighted by atomic mass is 16.3. The molecular weight excluding hydrogens is 300 g/mol. The molecule has 3 saturated carbocycles. The van der Waals surface area contributed by atoms with Crippen LogP contribution in [-0.2, 0) is 6.42 Å². The molecule has 0 aromatic carbocycles. The fraction of sp³-hybridized carbons (Fsp3) is 0.800. The lowest BCUT2D eigenvalue weighted by Crippen LogP contribution is -2.56. The molecule has 0 spiro atoms. The summed E-state index contributed by atoms with van der Waals surface area (Å²) in [5.41, 5.74) is 2.09. The molecule has 0 aliphatic heterocycles. The standard InChI is InChI=1S/C20H28N2O2/c1-19-8-7-14-12(13(19)5-6-16(19)23)3-4-15-18(24)17-11(10-21-22-17)9-20(14,15)2/h10,12-16,23H,3-9H2,1-2H3,(H,21,22)/t12-,13-,14-,15-,16-,19-,20+/m0/s1. The number of aromatic amines is 1. The molecule has 4 aliphatic carbocycles. The van der Waals surface area contributed by atoms with Crippen LogP contribution in [0.4, 0.5) is 0 Å². The average Bonchev–Trinajstić information content (AvgIpc) is 3.12. The van der Waals surface area contributed by atoms with Crippen LogP contribution in [0.2, 0.25) is 0 Å². The molecule has 7 atom stereocenters. The smallest absolute Gasteiger partial charge is 0.184 e. The van der Waals surface area contributed by atoms with Gasteiger partial charge in [-0.1, -0.05) is 13.8 Å². The Bertz CT molecular complexity index is 698. The van der Waals surface area contributed by atoms with Gasteiger partial charge in [-0.15, -0.1) is 0 Å². The third kappa shape index (κ3) is 1.68. The van der Waals surface area contributed by atoms with Gasteiger partial charge in [0.2, 0.25) is 0 Å². The van der Waals surface area contributed by atoms with E-state index in [1.165, 1.54) is 12.8 Å². The Morgan fingerprint density at radius 3 is 2.75 bits per heavy atom. The van der Waals surface area contributed by atoms with Crippen LogP contribution in [0.25, 0.3) is 0 Å². The molecule has 4 nitrogen and oxygen atoms in total. The number of ketones is 1. The number of carbonyl (C=O) groups is 1. The summed E-state index contributed by atoms with van der Waals surface area (Å²) in [6.07, 6.45) is 9.33. The van der Waals surface area contributed by atoms with Crippen molar-refractivity contribution in [3.63, 3.8) is 0 Å². The van der Waals surface area contributed by atoms with Gasteiger partial charge in [0.05, 0.1) is 12.3 Å². The van der Waals surface area contributed by atoms with E-state index in [0.29, 0.717) is 23.5 Å². The molecule has 1 aromatic rings. The molecule has 0 radical (unpaired) electrons. The van der Waals surface area contributed by atoms with E-state index in [2.05, 4.69) is 24.0 Å². The molecule has 2 N–H and O–H groups in total. The normalized spacial score (nSPS) is 50.0. The zero-order valence-electron chi connectivity index (χ0n) is 14.7. The molecular formula is C20H28N2O2. The maximum absolute atomic E-state index is 13.0. The summed E-state index contributed by atoms with van der Waals surface area (Å²) < 4.78 is 0. The highest BCUT2D eigenvalue weighted by Gasteiger charge is 2.61. The summed E-state index contributed by atoms with van der Waals surface area (Å²) in [5.74, 6) is 2.40. The minimum atomic E-state index is -0.123. The summed E-state index contributed by atoms with van der Waals surface area (Å²) in [4.78, 5) is 13.0. The fourth-order valence-corrected chi connectivity index (χ4v) is 7.36. The summed E-state index contributed by atoms with van der Waals surface area (Å²) in [7, 11) is 0. The number of nitrogens with zero attached hydrogens (tertiary/aromatic N) is 1. The van der Waals surface area contributed by atoms with E-state index in [9.17, 15) is 9.90 Å². The maximum Gasteiger partial charge on any atom is 0.184 e. The number of hydrogen-bond acceptors (Lipinski definition) is 3. The molecule has 130 valence electrons. The van der Waals surface area contributed by atoms with Gasteiger partial charge in [-0.2, -0.15) is 5.10 Å². The first-order valence-electron chi connectivity index (χ1n) is 9.69. The SMILES string of the molecule is C[C@]12Cc3cn[nH]c3C(=O)[C@@H]1CC[C@@H]1[C@@H]2CC[C@]2(C)[C@@H](O)CC[C@@H]12. The van der Waals surface area contributed by atoms with E-state index in [-0.39, 0.29) is 22.9 Å². The van der Waals surface area contributed by atoms with Gasteiger partial charge in [-0.25, -0.2) is 0 Å². The monoisotopic (exact) mass is 328 g/mol. The minimum absolute atomic E-state index is 0.0751. The summed E-state index contributed by atoms with van der Waals surface area (Å²) in [6.45, 7) is 4.69. The van der Waals surface area contributed by atoms with Crippen molar-refractivity contribution in [2.24, 2.45) is 34.5 Å². The summed E-state index contributed by atoms with van der Waals surface area (Å²) in [5, 5.41) is 17.6. The van der Waals surface area contributed by atoms with Gasteiger partial charge in [0, 0.05) is 11.5 Å². The largest absolute Gasteiger partial charge is 0.393 e. The molecule has 4 aliphatic rings. The lowest BCUT2D eigenvalue weighted by Gasteiger charge is -2.59. The molecule has 1 aromatic heterocycles. The third-order valence-electron chi connectivity index (χ3n) is 8.67. The first-order valence-corrected chi connectivity index (χ1v) is 9.69. The number of H-pyrrole nitrogens is 1. The van der Waals surface area contributed by atoms with Crippen LogP contribution in [0, 0.1) is 34.5 Å². The van der Waals surface area contributed by atoms with Crippen LogP contribution in [0.5, 0.6) is 0 Å². The Balaban J connectivity index is 1.54. The van der Waals surface area contributed by atoms with E-state index in [1.54, 1.807) is 0 Å². The highest BCUT2D eigenvalue weighted by Crippen LogP contribution is 2.65. The van der Waals surface area contributed by atoms with Gasteiger partial charge in [-0.3, -0.25) is 9.89 Å². The summed E-state index contributed by atoms with van der Waals surface area (Å²) in [6, 6.07) is 0. The topological polar surface area (TPSA) is 66.0 Å². The van der Waals surface area contributed by atoms with Gasteiger partial charge in [0.25, 0.3) is 0 Å². The Hall–Kier alpha value is -1.16. The first kappa shape index (κ1) is 15.1. The molecule has 5 rings (SSSR count). The van der Waals surface area contributed by atoms with Crippen LogP contribution >= 0.6 is 0 Å². The van der Waals surface area contributed by atoms with Crippen LogP contribution in [0.15, 0.2) is 6.20 Å². The zero-order valence-corrected chi connectivity index (χ0v) is 14.7. The molecule has 0 amide bonds. The third-order valence-corrected chi connectivity index (χ3v) is 8.67. The molecule has 0 unspecified atom stereocenters. The number of rotatable bonds is 0. The van der Waals surface area contributed by atoms with E-state index >= 15 is 0 Å². The van der Waals surface area contributed by atoms with Crippen molar-refractivity contribution in [2.45, 2.75) is 64.9 Å². The quantitative estimate of drug-likeness (QED) is 0.767. The van der Waals surface area contributed by atoms with Gasteiger partial charge < -0.3 is 5.11 Å². The van der Waals surface area contributed by atoms with E-state index in [1.807, 2.05) is 6.20 Å². The van der Waals surface area contributed by atoms with Crippen molar-refractivity contribution in [3.05, 3.63) is 17.5 Å². The lowest BCUT2D eigenvalue weighted by atomic mass is 9.45. The highest BCUT2D eigenvalue weighted by molar-refractivity contribution is 5.99. The van der Waals surface area contributed by atoms with Gasteiger partial charge in [-0.05, 0) is 73.5 Å². The van der Waals surface area contributed by atoms with Crippen LogP contribution in [0.3, 0.4) is 0 Å². The van der Waals surface area contributed by atoms with Crippen molar-refractivity contribution < 1.29 is 9.90 Å². The van der Waals surface area contributed by atoms with Crippen LogP contribution < -0.4 is 0 Å². The zero-order chi connectivity index (χ0) is 16.7. The first-order chi connectivity index (χ1) is 11.4. The number of carbonyl (C=O) groups excluding carboxylic acids is 1. The average molecular weight is 328 g/mol. The second-order valence-corrected chi connectivity index (χ2v) is 9.46. The van der Waals surface area contributed by atoms with Gasteiger partial charge >= 0.3 is 0 Å². The molecule has 0 bridgehead atoms. The van der Waals surface area contributed by atoms with Crippen LogP contribution in [-0.4, -0.2) is 27.2 Å². The second kappa shape index (κ2) is 4.72. The Morgan fingerprint density at radius 1 is 1.12 bits per heavy atom. The minimum Gasteiger partial charge on any atom is -0.393 e. The Kier molecular flexibility index (Phi) is 2.97. The van der Waals surface area contributed by atoms with Crippen molar-refractivity contribution in [1.29, 1.82) is 0 Å². The molecule has 3 fully saturated rings. The van der Waals surface area contributed by atoms with Gasteiger partial charge in [0.15, 0.2) is 5.78 Å². The van der Waals surface area contributed by atoms with Crippen molar-refractivity contribution in [3.8, 4) is 0 Å². The van der Waals surface area contributed by atoms with E-state index < -0.39 is 0 Å². The van der Waals surface area contributed by atoms with E-state index in [0.717, 1.165) is 43.4 Å². The van der Waals surface area contributed by atoms with Gasteiger partial charge in [0.1, 0.15) is 5.69 Å². The predicted molar refractivity (Wildman–Crippen MR) is 90.5 cm³/mol. The lowest BCUT2D eigenvalue weighted by molar-refractivity contribution is -0.102. The van der Waals surface area contributed by atoms with E-state index in [4.69, 9.17) is 0 Å². The van der Waals surface area contributed by atoms with Crippen molar-refractivity contribution in [1.82, 2.24) is 10.2 Å². The molecule has 0 saturated heterocycles. The Labute approximate surface area is 143 Å². The number of Topliss-reactive ketones (excluding diaryl/α,β-unsaturated/α-hetero) is 1. The fourth-order valence-electron chi connectivity index (χ4n) is 7.36. The number of aliphatic hydroxyl groups is 1. The number of hydrogen-bond donors (Lipinski definition) is 2. The number of aliphatic hydroxyl groups excluding tert-OH is 1. The Morgan fingerprint density at radius 2 is 1.92 bits per heavy atom. The molecule has 24 heavy (non-hydrogen) atoms. The maximum atomic E-state index is 13.0.